The van der Waals surface area contributed by atoms with E-state index in [1.165, 1.54) is 0 Å². The predicted octanol–water partition coefficient (Wildman–Crippen LogP) is 6.69. The van der Waals surface area contributed by atoms with Crippen LogP contribution in [0.1, 0.15) is 28.1 Å². The highest BCUT2D eigenvalue weighted by Gasteiger charge is 2.36. The molecule has 180 valence electrons. The smallest absolute Gasteiger partial charge is 0.294 e. The topological polar surface area (TPSA) is 71.4 Å². The number of thioether (sulfide) groups is 1. The number of nitrogens with zero attached hydrogens (tertiary/aromatic N) is 2. The van der Waals surface area contributed by atoms with Gasteiger partial charge in [-0.2, -0.15) is 0 Å². The van der Waals surface area contributed by atoms with Crippen molar-refractivity contribution in [2.45, 2.75) is 27.7 Å². The number of benzene rings is 2. The number of halogens is 2. The van der Waals surface area contributed by atoms with Gasteiger partial charge in [0.05, 0.1) is 15.0 Å². The molecule has 35 heavy (non-hydrogen) atoms. The van der Waals surface area contributed by atoms with E-state index in [1.54, 1.807) is 18.2 Å². The van der Waals surface area contributed by atoms with Gasteiger partial charge in [0.15, 0.2) is 0 Å². The van der Waals surface area contributed by atoms with Gasteiger partial charge in [-0.25, -0.2) is 0 Å². The van der Waals surface area contributed by atoms with Gasteiger partial charge in [0.1, 0.15) is 6.54 Å². The summed E-state index contributed by atoms with van der Waals surface area (Å²) in [5, 5.41) is 3.23. The SMILES string of the molecule is Cc1ccc(C)c(NC(=O)CN2C(=O)S/C(=C\c3cc(C)n(-c4ccc(Cl)c(Cl)c4)c3C)C2=O)c1. The minimum atomic E-state index is -0.490. The van der Waals surface area contributed by atoms with E-state index in [1.807, 2.05) is 62.6 Å². The molecule has 3 amide bonds. The number of hydrogen-bond acceptors (Lipinski definition) is 4. The zero-order valence-corrected chi connectivity index (χ0v) is 21.9. The molecule has 9 heteroatoms. The third kappa shape index (κ3) is 5.17. The van der Waals surface area contributed by atoms with Gasteiger partial charge in [0.2, 0.25) is 5.91 Å². The van der Waals surface area contributed by atoms with Crippen LogP contribution in [-0.4, -0.2) is 33.1 Å². The fourth-order valence-electron chi connectivity index (χ4n) is 3.94. The number of nitrogens with one attached hydrogen (secondary N) is 1. The van der Waals surface area contributed by atoms with Crippen LogP contribution in [0.5, 0.6) is 0 Å². The molecule has 0 bridgehead atoms. The summed E-state index contributed by atoms with van der Waals surface area (Å²) in [5.74, 6) is -0.921. The van der Waals surface area contributed by atoms with Gasteiger partial charge in [0, 0.05) is 22.8 Å². The molecule has 0 spiro atoms. The Kier molecular flexibility index (Phi) is 7.12. The first-order valence-electron chi connectivity index (χ1n) is 10.8. The number of amides is 3. The Bertz CT molecular complexity index is 1410. The molecule has 4 rings (SSSR count). The summed E-state index contributed by atoms with van der Waals surface area (Å²) in [6.07, 6.45) is 1.68. The highest BCUT2D eigenvalue weighted by Crippen LogP contribution is 2.34. The molecule has 6 nitrogen and oxygen atoms in total. The summed E-state index contributed by atoms with van der Waals surface area (Å²) in [6, 6.07) is 13.0. The molecule has 1 aliphatic heterocycles. The summed E-state index contributed by atoms with van der Waals surface area (Å²) in [5.41, 5.74) is 5.99. The number of carbonyl (C=O) groups excluding carboxylic acids is 3. The molecule has 1 aliphatic rings. The third-order valence-corrected chi connectivity index (χ3v) is 7.41. The van der Waals surface area contributed by atoms with Crippen molar-refractivity contribution in [3.63, 3.8) is 0 Å². The van der Waals surface area contributed by atoms with E-state index in [2.05, 4.69) is 5.32 Å². The fraction of sp³-hybridized carbons (Fsp3) is 0.192. The number of anilines is 1. The predicted molar refractivity (Wildman–Crippen MR) is 142 cm³/mol. The standard InChI is InChI=1S/C26H23Cl2N3O3S/c1-14-5-6-15(2)22(9-14)29-24(32)13-30-25(33)23(35-26(30)34)11-18-10-16(3)31(17(18)4)19-7-8-20(27)21(28)12-19/h5-12H,13H2,1-4H3,(H,29,32)/b23-11-. The number of imide groups is 1. The van der Waals surface area contributed by atoms with E-state index in [0.29, 0.717) is 15.7 Å². The van der Waals surface area contributed by atoms with Crippen molar-refractivity contribution >= 4 is 63.8 Å². The zero-order chi connectivity index (χ0) is 25.4. The zero-order valence-electron chi connectivity index (χ0n) is 19.6. The summed E-state index contributed by atoms with van der Waals surface area (Å²) in [6.45, 7) is 7.32. The lowest BCUT2D eigenvalue weighted by atomic mass is 10.1. The van der Waals surface area contributed by atoms with E-state index in [-0.39, 0.29) is 11.4 Å². The van der Waals surface area contributed by atoms with Crippen molar-refractivity contribution in [2.24, 2.45) is 0 Å². The molecule has 0 saturated carbocycles. The van der Waals surface area contributed by atoms with Crippen LogP contribution in [0.25, 0.3) is 11.8 Å². The molecular weight excluding hydrogens is 505 g/mol. The molecular formula is C26H23Cl2N3O3S. The van der Waals surface area contributed by atoms with E-state index < -0.39 is 17.1 Å². The molecule has 2 heterocycles. The average molecular weight is 528 g/mol. The Morgan fingerprint density at radius 2 is 1.74 bits per heavy atom. The minimum Gasteiger partial charge on any atom is -0.324 e. The number of aromatic nitrogens is 1. The van der Waals surface area contributed by atoms with Crippen molar-refractivity contribution in [3.8, 4) is 5.69 Å². The molecule has 0 aliphatic carbocycles. The van der Waals surface area contributed by atoms with Crippen LogP contribution in [0, 0.1) is 27.7 Å². The second-order valence-corrected chi connectivity index (χ2v) is 10.2. The quantitative estimate of drug-likeness (QED) is 0.375. The van der Waals surface area contributed by atoms with E-state index >= 15 is 0 Å². The first-order chi connectivity index (χ1) is 16.5. The van der Waals surface area contributed by atoms with Gasteiger partial charge in [-0.05, 0) is 92.6 Å². The second kappa shape index (κ2) is 9.93. The maximum absolute atomic E-state index is 13.0. The van der Waals surface area contributed by atoms with Gasteiger partial charge in [0.25, 0.3) is 11.1 Å². The van der Waals surface area contributed by atoms with Crippen LogP contribution in [0.15, 0.2) is 47.4 Å². The van der Waals surface area contributed by atoms with Gasteiger partial charge in [-0.15, -0.1) is 0 Å². The first kappa shape index (κ1) is 25.1. The number of hydrogen-bond donors (Lipinski definition) is 1. The lowest BCUT2D eigenvalue weighted by molar-refractivity contribution is -0.127. The van der Waals surface area contributed by atoms with Gasteiger partial charge in [-0.3, -0.25) is 19.3 Å². The minimum absolute atomic E-state index is 0.268. The van der Waals surface area contributed by atoms with Crippen molar-refractivity contribution in [1.82, 2.24) is 9.47 Å². The summed E-state index contributed by atoms with van der Waals surface area (Å²) >= 11 is 13.1. The fourth-order valence-corrected chi connectivity index (χ4v) is 5.06. The van der Waals surface area contributed by atoms with Gasteiger partial charge < -0.3 is 9.88 Å². The maximum atomic E-state index is 13.0. The van der Waals surface area contributed by atoms with Gasteiger partial charge >= 0.3 is 0 Å². The summed E-state index contributed by atoms with van der Waals surface area (Å²) in [4.78, 5) is 39.4. The number of carbonyl (C=O) groups is 3. The molecule has 3 aromatic rings. The molecule has 0 atom stereocenters. The van der Waals surface area contributed by atoms with Crippen molar-refractivity contribution in [2.75, 3.05) is 11.9 Å². The van der Waals surface area contributed by atoms with Gasteiger partial charge in [-0.1, -0.05) is 35.3 Å². The van der Waals surface area contributed by atoms with Crippen molar-refractivity contribution in [1.29, 1.82) is 0 Å². The Morgan fingerprint density at radius 1 is 1.00 bits per heavy atom. The van der Waals surface area contributed by atoms with Crippen LogP contribution in [-0.2, 0) is 9.59 Å². The first-order valence-corrected chi connectivity index (χ1v) is 12.4. The molecule has 1 N–H and O–H groups in total. The van der Waals surface area contributed by atoms with Crippen LogP contribution in [0.3, 0.4) is 0 Å². The third-order valence-electron chi connectivity index (χ3n) is 5.76. The Labute approximate surface area is 217 Å². The molecule has 0 radical (unpaired) electrons. The summed E-state index contributed by atoms with van der Waals surface area (Å²) in [7, 11) is 0. The maximum Gasteiger partial charge on any atom is 0.294 e. The highest BCUT2D eigenvalue weighted by molar-refractivity contribution is 8.18. The molecule has 0 unspecified atom stereocenters. The Morgan fingerprint density at radius 3 is 2.46 bits per heavy atom. The number of rotatable bonds is 5. The van der Waals surface area contributed by atoms with E-state index in [9.17, 15) is 14.4 Å². The molecule has 1 fully saturated rings. The highest BCUT2D eigenvalue weighted by atomic mass is 35.5. The van der Waals surface area contributed by atoms with Crippen LogP contribution in [0.2, 0.25) is 10.0 Å². The number of aryl methyl sites for hydroxylation is 3. The Hall–Kier alpha value is -3.00. The summed E-state index contributed by atoms with van der Waals surface area (Å²) < 4.78 is 2.00. The molecule has 1 aromatic heterocycles. The lowest BCUT2D eigenvalue weighted by Crippen LogP contribution is -2.36. The second-order valence-electron chi connectivity index (χ2n) is 8.39. The Balaban J connectivity index is 1.54. The molecule has 1 saturated heterocycles. The van der Waals surface area contributed by atoms with Crippen molar-refractivity contribution < 1.29 is 14.4 Å². The lowest BCUT2D eigenvalue weighted by Gasteiger charge is -2.14. The van der Waals surface area contributed by atoms with E-state index in [4.69, 9.17) is 23.2 Å². The van der Waals surface area contributed by atoms with E-state index in [0.717, 1.165) is 50.4 Å². The average Bonchev–Trinajstić information content (AvgIpc) is 3.22. The van der Waals surface area contributed by atoms with Crippen molar-refractivity contribution in [3.05, 3.63) is 85.5 Å². The molecule has 2 aromatic carbocycles. The monoisotopic (exact) mass is 527 g/mol. The largest absolute Gasteiger partial charge is 0.324 e. The van der Waals surface area contributed by atoms with Crippen LogP contribution >= 0.6 is 35.0 Å². The van der Waals surface area contributed by atoms with Crippen LogP contribution < -0.4 is 5.32 Å². The van der Waals surface area contributed by atoms with Crippen LogP contribution in [0.4, 0.5) is 10.5 Å². The normalized spacial score (nSPS) is 14.8.